The third-order valence-corrected chi connectivity index (χ3v) is 7.74. The number of allylic oxidation sites excluding steroid dienone is 1. The van der Waals surface area contributed by atoms with Gasteiger partial charge < -0.3 is 4.42 Å². The van der Waals surface area contributed by atoms with Gasteiger partial charge in [-0.05, 0) is 25.0 Å². The van der Waals surface area contributed by atoms with Crippen LogP contribution in [0.4, 0.5) is 9.18 Å². The largest absolute Gasteiger partial charge is 0.502 e. The number of sulfonamides is 1. The van der Waals surface area contributed by atoms with Gasteiger partial charge in [0.2, 0.25) is 10.0 Å². The number of hydrogen-bond acceptors (Lipinski definition) is 7. The molecule has 1 aliphatic heterocycles. The maximum Gasteiger partial charge on any atom is 0.502 e. The molecule has 34 heavy (non-hydrogen) atoms. The Bertz CT molecular complexity index is 1350. The van der Waals surface area contributed by atoms with Gasteiger partial charge >= 0.3 is 11.9 Å². The van der Waals surface area contributed by atoms with Gasteiger partial charge in [-0.1, -0.05) is 6.08 Å². The van der Waals surface area contributed by atoms with Crippen molar-refractivity contribution in [3.8, 4) is 0 Å². The molecule has 0 spiro atoms. The van der Waals surface area contributed by atoms with E-state index >= 15 is 0 Å². The fraction of sp³-hybridized carbons (Fsp3) is 0.381. The van der Waals surface area contributed by atoms with Crippen molar-refractivity contribution in [1.82, 2.24) is 24.4 Å². The van der Waals surface area contributed by atoms with E-state index < -0.39 is 39.4 Å². The molecule has 1 fully saturated rings. The van der Waals surface area contributed by atoms with E-state index in [1.165, 1.54) is 35.5 Å². The van der Waals surface area contributed by atoms with Crippen molar-refractivity contribution in [3.63, 3.8) is 0 Å². The molecule has 11 nitrogen and oxygen atoms in total. The monoisotopic (exact) mass is 489 g/mol. The number of halogens is 1. The number of nitrogens with zero attached hydrogens (tertiary/aromatic N) is 5. The van der Waals surface area contributed by atoms with Gasteiger partial charge in [-0.2, -0.15) is 19.4 Å². The minimum atomic E-state index is -4.00. The molecular weight excluding hydrogens is 467 g/mol. The molecular formula is C21H22FN6O5S+. The fourth-order valence-electron chi connectivity index (χ4n) is 3.96. The molecule has 13 heteroatoms. The molecule has 0 saturated heterocycles. The van der Waals surface area contributed by atoms with E-state index in [1.807, 2.05) is 0 Å². The Morgan fingerprint density at radius 1 is 1.35 bits per heavy atom. The van der Waals surface area contributed by atoms with Crippen molar-refractivity contribution >= 4 is 27.7 Å². The molecule has 3 amide bonds. The standard InChI is InChI=1S/C21H22FN6O5S/c1-26-8-14(7-24-26)9-28-19(29)17-6-16(34(31,32)25-21(12-22)4-5-21)2-3-18(17)27(20(28)30)10-15-11-33-13-23-15/h2-3,6-8,11,13,16,25H,4-5,9-10,12H2,1H3/q+1. The molecule has 0 aromatic carbocycles. The number of oxazole rings is 1. The zero-order valence-electron chi connectivity index (χ0n) is 18.2. The molecule has 3 aliphatic rings. The first-order valence-electron chi connectivity index (χ1n) is 10.6. The predicted octanol–water partition coefficient (Wildman–Crippen LogP) is 0.810. The Morgan fingerprint density at radius 2 is 2.15 bits per heavy atom. The molecule has 0 radical (unpaired) electrons. The zero-order valence-corrected chi connectivity index (χ0v) is 19.0. The van der Waals surface area contributed by atoms with Crippen LogP contribution in [-0.2, 0) is 35.0 Å². The zero-order chi connectivity index (χ0) is 24.1. The Labute approximate surface area is 194 Å². The van der Waals surface area contributed by atoms with E-state index in [1.54, 1.807) is 24.1 Å². The maximum absolute atomic E-state index is 13.4. The summed E-state index contributed by atoms with van der Waals surface area (Å²) in [6.45, 7) is -0.825. The summed E-state index contributed by atoms with van der Waals surface area (Å²) in [6, 6.07) is -0.581. The predicted molar refractivity (Wildman–Crippen MR) is 116 cm³/mol. The molecule has 1 atom stereocenters. The Morgan fingerprint density at radius 3 is 2.76 bits per heavy atom. The molecule has 2 aliphatic carbocycles. The summed E-state index contributed by atoms with van der Waals surface area (Å²) >= 11 is 0. The molecule has 1 N–H and O–H groups in total. The summed E-state index contributed by atoms with van der Waals surface area (Å²) in [4.78, 5) is 31.8. The quantitative estimate of drug-likeness (QED) is 0.543. The van der Waals surface area contributed by atoms with Gasteiger partial charge in [-0.25, -0.2) is 27.3 Å². The average molecular weight is 490 g/mol. The summed E-state index contributed by atoms with van der Waals surface area (Å²) in [6.07, 6.45) is 10.8. The number of aromatic nitrogens is 3. The van der Waals surface area contributed by atoms with Crippen LogP contribution in [0, 0.1) is 0 Å². The average Bonchev–Trinajstić information content (AvgIpc) is 3.17. The van der Waals surface area contributed by atoms with Crippen molar-refractivity contribution in [1.29, 1.82) is 0 Å². The molecule has 1 unspecified atom stereocenters. The normalized spacial score (nSPS) is 21.6. The van der Waals surface area contributed by atoms with Crippen molar-refractivity contribution in [2.24, 2.45) is 7.05 Å². The molecule has 0 bridgehead atoms. The lowest BCUT2D eigenvalue weighted by Crippen LogP contribution is -2.51. The van der Waals surface area contributed by atoms with Crippen molar-refractivity contribution in [2.75, 3.05) is 6.67 Å². The van der Waals surface area contributed by atoms with Crippen LogP contribution in [-0.4, -0.2) is 67.8 Å². The maximum atomic E-state index is 13.4. The second-order valence-corrected chi connectivity index (χ2v) is 10.5. The van der Waals surface area contributed by atoms with Crippen molar-refractivity contribution in [3.05, 3.63) is 60.1 Å². The van der Waals surface area contributed by atoms with E-state index in [9.17, 15) is 22.4 Å². The van der Waals surface area contributed by atoms with Crippen LogP contribution in [0.3, 0.4) is 0 Å². The number of hydrogen-bond donors (Lipinski definition) is 1. The molecule has 2 aromatic heterocycles. The van der Waals surface area contributed by atoms with Gasteiger partial charge in [-0.15, -0.1) is 0 Å². The SMILES string of the molecule is Cn1cc(CN2C(=O)C3=CC(S(=O)(=O)NC4(CF)CC4)C=CC3=[N+](Cc3cocn3)C2=O)cn1. The van der Waals surface area contributed by atoms with E-state index in [0.717, 1.165) is 4.90 Å². The second-order valence-electron chi connectivity index (χ2n) is 8.61. The Hall–Kier alpha value is -3.45. The van der Waals surface area contributed by atoms with Crippen molar-refractivity contribution in [2.45, 2.75) is 36.7 Å². The van der Waals surface area contributed by atoms with Gasteiger partial charge in [0.05, 0.1) is 11.7 Å². The van der Waals surface area contributed by atoms with Gasteiger partial charge in [0, 0.05) is 18.8 Å². The third kappa shape index (κ3) is 4.01. The highest BCUT2D eigenvalue weighted by molar-refractivity contribution is 7.90. The number of carbonyl (C=O) groups is 2. The minimum Gasteiger partial charge on any atom is -0.451 e. The van der Waals surface area contributed by atoms with Crippen LogP contribution in [0.25, 0.3) is 0 Å². The highest BCUT2D eigenvalue weighted by Gasteiger charge is 2.49. The first kappa shape index (κ1) is 22.3. The molecule has 2 aromatic rings. The summed E-state index contributed by atoms with van der Waals surface area (Å²) in [5.41, 5.74) is 0.353. The van der Waals surface area contributed by atoms with Crippen LogP contribution in [0.2, 0.25) is 0 Å². The van der Waals surface area contributed by atoms with Gasteiger partial charge in [-0.3, -0.25) is 4.68 Å². The number of alkyl halides is 1. The van der Waals surface area contributed by atoms with Crippen LogP contribution >= 0.6 is 0 Å². The van der Waals surface area contributed by atoms with Crippen molar-refractivity contribution < 1.29 is 31.4 Å². The van der Waals surface area contributed by atoms with Crippen LogP contribution in [0.15, 0.2) is 53.3 Å². The molecule has 1 saturated carbocycles. The summed E-state index contributed by atoms with van der Waals surface area (Å²) in [5, 5.41) is 2.88. The number of rotatable bonds is 8. The lowest BCUT2D eigenvalue weighted by molar-refractivity contribution is -0.454. The Balaban J connectivity index is 1.53. The number of imide groups is 1. The van der Waals surface area contributed by atoms with Crippen LogP contribution in [0.5, 0.6) is 0 Å². The first-order valence-corrected chi connectivity index (χ1v) is 12.1. The second kappa shape index (κ2) is 8.09. The van der Waals surface area contributed by atoms with E-state index in [0.29, 0.717) is 24.1 Å². The fourth-order valence-corrected chi connectivity index (χ4v) is 5.56. The summed E-state index contributed by atoms with van der Waals surface area (Å²) < 4.78 is 49.5. The van der Waals surface area contributed by atoms with Crippen LogP contribution < -0.4 is 4.72 Å². The number of amides is 3. The molecule has 5 rings (SSSR count). The first-order chi connectivity index (χ1) is 16.2. The highest BCUT2D eigenvalue weighted by Crippen LogP contribution is 2.37. The highest BCUT2D eigenvalue weighted by atomic mass is 32.2. The molecule has 3 heterocycles. The smallest absolute Gasteiger partial charge is 0.451 e. The Kier molecular flexibility index (Phi) is 5.32. The van der Waals surface area contributed by atoms with Gasteiger partial charge in [0.25, 0.3) is 0 Å². The number of fused-ring (bicyclic) bond motifs is 1. The van der Waals surface area contributed by atoms with Gasteiger partial charge in [0.1, 0.15) is 48.3 Å². The lowest BCUT2D eigenvalue weighted by Gasteiger charge is -2.26. The van der Waals surface area contributed by atoms with Gasteiger partial charge in [0.15, 0.2) is 6.39 Å². The topological polar surface area (TPSA) is 130 Å². The summed E-state index contributed by atoms with van der Waals surface area (Å²) in [5.74, 6) is -0.628. The molecule has 178 valence electrons. The van der Waals surface area contributed by atoms with E-state index in [4.69, 9.17) is 4.42 Å². The number of urea groups is 1. The third-order valence-electron chi connectivity index (χ3n) is 6.01. The lowest BCUT2D eigenvalue weighted by atomic mass is 9.99. The van der Waals surface area contributed by atoms with E-state index in [-0.39, 0.29) is 24.4 Å². The van der Waals surface area contributed by atoms with Crippen LogP contribution in [0.1, 0.15) is 24.1 Å². The minimum absolute atomic E-state index is 0.0177. The number of aryl methyl sites for hydroxylation is 1. The summed E-state index contributed by atoms with van der Waals surface area (Å²) in [7, 11) is -2.28. The number of carbonyl (C=O) groups excluding carboxylic acids is 2. The number of nitrogens with one attached hydrogen (secondary N) is 1. The van der Waals surface area contributed by atoms with E-state index in [2.05, 4.69) is 14.8 Å².